The fraction of sp³-hybridized carbons (Fsp3) is 0.400. The average Bonchev–Trinajstić information content (AvgIpc) is 3.01. The van der Waals surface area contributed by atoms with Gasteiger partial charge in [0.1, 0.15) is 5.82 Å². The minimum Gasteiger partial charge on any atom is -0.389 e. The van der Waals surface area contributed by atoms with Gasteiger partial charge in [-0.15, -0.1) is 11.3 Å². The SMILES string of the molecule is C[C@@H](O)c1ccc(N2CCN(c3nccs3)CC2)c(F)c1. The monoisotopic (exact) mass is 307 g/mol. The standard InChI is InChI=1S/C15H18FN3OS/c1-11(20)12-2-3-14(13(16)10-12)18-5-7-19(8-6-18)15-17-4-9-21-15/h2-4,9-11,20H,5-8H2,1H3/t11-/m1/s1. The number of aliphatic hydroxyl groups is 1. The molecule has 0 radical (unpaired) electrons. The Balaban J connectivity index is 1.69. The topological polar surface area (TPSA) is 39.6 Å². The minimum atomic E-state index is -0.643. The molecular formula is C15H18FN3OS. The Morgan fingerprint density at radius 2 is 1.95 bits per heavy atom. The molecule has 6 heteroatoms. The van der Waals surface area contributed by atoms with Crippen LogP contribution in [-0.2, 0) is 0 Å². The summed E-state index contributed by atoms with van der Waals surface area (Å²) in [6, 6.07) is 4.97. The lowest BCUT2D eigenvalue weighted by Gasteiger charge is -2.36. The average molecular weight is 307 g/mol. The fourth-order valence-corrected chi connectivity index (χ4v) is 3.25. The Morgan fingerprint density at radius 1 is 1.24 bits per heavy atom. The molecule has 0 aliphatic carbocycles. The lowest BCUT2D eigenvalue weighted by molar-refractivity contribution is 0.199. The van der Waals surface area contributed by atoms with Gasteiger partial charge in [-0.2, -0.15) is 0 Å². The second kappa shape index (κ2) is 5.99. The van der Waals surface area contributed by atoms with Crippen LogP contribution in [0.25, 0.3) is 0 Å². The zero-order valence-corrected chi connectivity index (χ0v) is 12.7. The summed E-state index contributed by atoms with van der Waals surface area (Å²) in [4.78, 5) is 8.58. The Morgan fingerprint density at radius 3 is 2.52 bits per heavy atom. The summed E-state index contributed by atoms with van der Waals surface area (Å²) in [6.07, 6.45) is 1.16. The molecule has 1 aromatic carbocycles. The lowest BCUT2D eigenvalue weighted by Crippen LogP contribution is -2.46. The van der Waals surface area contributed by atoms with Gasteiger partial charge in [-0.1, -0.05) is 6.07 Å². The molecule has 1 aliphatic rings. The fourth-order valence-electron chi connectivity index (χ4n) is 2.55. The van der Waals surface area contributed by atoms with E-state index in [1.165, 1.54) is 6.07 Å². The van der Waals surface area contributed by atoms with Crippen molar-refractivity contribution in [3.63, 3.8) is 0 Å². The first-order valence-corrected chi connectivity index (χ1v) is 7.90. The van der Waals surface area contributed by atoms with Crippen LogP contribution in [0.3, 0.4) is 0 Å². The quantitative estimate of drug-likeness (QED) is 0.946. The predicted octanol–water partition coefficient (Wildman–Crippen LogP) is 2.66. The van der Waals surface area contributed by atoms with Gasteiger partial charge in [0.05, 0.1) is 11.8 Å². The second-order valence-corrected chi connectivity index (χ2v) is 6.05. The molecule has 1 fully saturated rings. The van der Waals surface area contributed by atoms with Crippen molar-refractivity contribution in [2.75, 3.05) is 36.0 Å². The number of aliphatic hydroxyl groups excluding tert-OH is 1. The van der Waals surface area contributed by atoms with Gasteiger partial charge in [0, 0.05) is 37.8 Å². The molecular weight excluding hydrogens is 289 g/mol. The molecule has 4 nitrogen and oxygen atoms in total. The van der Waals surface area contributed by atoms with Gasteiger partial charge in [-0.3, -0.25) is 0 Å². The maximum atomic E-state index is 14.2. The van der Waals surface area contributed by atoms with Crippen LogP contribution in [0.15, 0.2) is 29.8 Å². The molecule has 0 saturated carbocycles. The minimum absolute atomic E-state index is 0.268. The number of hydrogen-bond acceptors (Lipinski definition) is 5. The van der Waals surface area contributed by atoms with E-state index in [0.717, 1.165) is 31.3 Å². The third-order valence-corrected chi connectivity index (χ3v) is 4.60. The molecule has 3 rings (SSSR count). The summed E-state index contributed by atoms with van der Waals surface area (Å²) in [7, 11) is 0. The molecule has 0 unspecified atom stereocenters. The molecule has 2 aromatic rings. The van der Waals surface area contributed by atoms with E-state index < -0.39 is 6.10 Å². The van der Waals surface area contributed by atoms with Crippen LogP contribution in [0.5, 0.6) is 0 Å². The van der Waals surface area contributed by atoms with Gasteiger partial charge >= 0.3 is 0 Å². The number of nitrogens with zero attached hydrogens (tertiary/aromatic N) is 3. The van der Waals surface area contributed by atoms with Crippen LogP contribution in [0.1, 0.15) is 18.6 Å². The third-order valence-electron chi connectivity index (χ3n) is 3.76. The zero-order valence-electron chi connectivity index (χ0n) is 11.9. The van der Waals surface area contributed by atoms with Crippen molar-refractivity contribution < 1.29 is 9.50 Å². The van der Waals surface area contributed by atoms with Crippen LogP contribution in [0.2, 0.25) is 0 Å². The highest BCUT2D eigenvalue weighted by atomic mass is 32.1. The van der Waals surface area contributed by atoms with E-state index in [1.807, 2.05) is 10.3 Å². The second-order valence-electron chi connectivity index (χ2n) is 5.18. The normalized spacial score (nSPS) is 17.1. The van der Waals surface area contributed by atoms with Crippen molar-refractivity contribution in [2.24, 2.45) is 0 Å². The summed E-state index contributed by atoms with van der Waals surface area (Å²) < 4.78 is 14.2. The van der Waals surface area contributed by atoms with Crippen molar-refractivity contribution >= 4 is 22.2 Å². The molecule has 21 heavy (non-hydrogen) atoms. The van der Waals surface area contributed by atoms with Gasteiger partial charge < -0.3 is 14.9 Å². The predicted molar refractivity (Wildman–Crippen MR) is 83.6 cm³/mol. The van der Waals surface area contributed by atoms with Crippen LogP contribution in [0.4, 0.5) is 15.2 Å². The molecule has 1 N–H and O–H groups in total. The first-order chi connectivity index (χ1) is 10.1. The van der Waals surface area contributed by atoms with Crippen molar-refractivity contribution in [2.45, 2.75) is 13.0 Å². The molecule has 1 saturated heterocycles. The van der Waals surface area contributed by atoms with E-state index in [2.05, 4.69) is 9.88 Å². The van der Waals surface area contributed by atoms with E-state index in [-0.39, 0.29) is 5.82 Å². The van der Waals surface area contributed by atoms with Crippen LogP contribution in [0, 0.1) is 5.82 Å². The number of anilines is 2. The third kappa shape index (κ3) is 3.01. The largest absolute Gasteiger partial charge is 0.389 e. The first kappa shape index (κ1) is 14.3. The van der Waals surface area contributed by atoms with Gasteiger partial charge in [-0.25, -0.2) is 9.37 Å². The number of aromatic nitrogens is 1. The van der Waals surface area contributed by atoms with Crippen LogP contribution >= 0.6 is 11.3 Å². The van der Waals surface area contributed by atoms with Gasteiger partial charge in [-0.05, 0) is 24.6 Å². The van der Waals surface area contributed by atoms with E-state index in [9.17, 15) is 9.50 Å². The highest BCUT2D eigenvalue weighted by molar-refractivity contribution is 7.13. The Labute approximate surface area is 127 Å². The van der Waals surface area contributed by atoms with Crippen molar-refractivity contribution in [1.29, 1.82) is 0 Å². The van der Waals surface area contributed by atoms with E-state index in [0.29, 0.717) is 11.3 Å². The number of benzene rings is 1. The van der Waals surface area contributed by atoms with Crippen molar-refractivity contribution in [3.8, 4) is 0 Å². The van der Waals surface area contributed by atoms with Gasteiger partial charge in [0.25, 0.3) is 0 Å². The van der Waals surface area contributed by atoms with Crippen molar-refractivity contribution in [3.05, 3.63) is 41.2 Å². The lowest BCUT2D eigenvalue weighted by atomic mass is 10.1. The molecule has 0 bridgehead atoms. The number of halogens is 1. The highest BCUT2D eigenvalue weighted by Crippen LogP contribution is 2.26. The summed E-state index contributed by atoms with van der Waals surface area (Å²) in [5.74, 6) is -0.268. The number of piperazine rings is 1. The molecule has 0 amide bonds. The van der Waals surface area contributed by atoms with Gasteiger partial charge in [0.15, 0.2) is 5.13 Å². The molecule has 0 spiro atoms. The van der Waals surface area contributed by atoms with E-state index >= 15 is 0 Å². The summed E-state index contributed by atoms with van der Waals surface area (Å²) >= 11 is 1.63. The smallest absolute Gasteiger partial charge is 0.185 e. The first-order valence-electron chi connectivity index (χ1n) is 7.02. The Hall–Kier alpha value is -1.66. The molecule has 2 heterocycles. The molecule has 1 atom stereocenters. The number of rotatable bonds is 3. The van der Waals surface area contributed by atoms with Crippen LogP contribution in [-0.4, -0.2) is 36.3 Å². The van der Waals surface area contributed by atoms with Crippen molar-refractivity contribution in [1.82, 2.24) is 4.98 Å². The number of thiazole rings is 1. The van der Waals surface area contributed by atoms with E-state index in [4.69, 9.17) is 0 Å². The highest BCUT2D eigenvalue weighted by Gasteiger charge is 2.21. The maximum Gasteiger partial charge on any atom is 0.185 e. The summed E-state index contributed by atoms with van der Waals surface area (Å²) in [5.41, 5.74) is 1.22. The summed E-state index contributed by atoms with van der Waals surface area (Å²) in [5, 5.41) is 12.5. The molecule has 112 valence electrons. The van der Waals surface area contributed by atoms with Gasteiger partial charge in [0.2, 0.25) is 0 Å². The Bertz CT molecular complexity index is 595. The molecule has 1 aliphatic heterocycles. The molecule has 1 aromatic heterocycles. The van der Waals surface area contributed by atoms with E-state index in [1.54, 1.807) is 36.6 Å². The summed E-state index contributed by atoms with van der Waals surface area (Å²) in [6.45, 7) is 4.85. The zero-order chi connectivity index (χ0) is 14.8. The maximum absolute atomic E-state index is 14.2. The Kier molecular flexibility index (Phi) is 4.07. The van der Waals surface area contributed by atoms with Crippen LogP contribution < -0.4 is 9.80 Å². The number of hydrogen-bond donors (Lipinski definition) is 1.